The van der Waals surface area contributed by atoms with Crippen LogP contribution in [0.4, 0.5) is 0 Å². The molecule has 0 aromatic heterocycles. The molecule has 1 saturated heterocycles. The smallest absolute Gasteiger partial charge is 0.220 e. The number of unbranched alkanes of at least 4 members (excludes halogenated alkanes) is 44. The zero-order valence-corrected chi connectivity index (χ0v) is 53.8. The van der Waals surface area contributed by atoms with Crippen LogP contribution in [0.5, 0.6) is 0 Å². The van der Waals surface area contributed by atoms with Crippen LogP contribution >= 0.6 is 0 Å². The predicted molar refractivity (Wildman–Crippen MR) is 350 cm³/mol. The molecule has 82 heavy (non-hydrogen) atoms. The van der Waals surface area contributed by atoms with Crippen molar-refractivity contribution >= 4 is 5.91 Å². The molecule has 0 spiro atoms. The Morgan fingerprint density at radius 3 is 1.12 bits per heavy atom. The summed E-state index contributed by atoms with van der Waals surface area (Å²) >= 11 is 0. The van der Waals surface area contributed by atoms with Crippen molar-refractivity contribution in [3.05, 3.63) is 60.8 Å². The Bertz CT molecular complexity index is 1480. The van der Waals surface area contributed by atoms with Gasteiger partial charge in [0.1, 0.15) is 24.4 Å². The number of hydrogen-bond donors (Lipinski definition) is 6. The van der Waals surface area contributed by atoms with Crippen molar-refractivity contribution in [1.29, 1.82) is 0 Å². The van der Waals surface area contributed by atoms with Crippen molar-refractivity contribution in [2.45, 2.75) is 384 Å². The van der Waals surface area contributed by atoms with Crippen LogP contribution in [0.1, 0.15) is 341 Å². The molecule has 0 aromatic carbocycles. The highest BCUT2D eigenvalue weighted by Crippen LogP contribution is 2.23. The molecule has 0 aromatic rings. The molecular formula is C73H135NO8. The summed E-state index contributed by atoms with van der Waals surface area (Å²) in [5, 5.41) is 54.8. The monoisotopic (exact) mass is 1150 g/mol. The second kappa shape index (κ2) is 62.0. The summed E-state index contributed by atoms with van der Waals surface area (Å²) in [6.45, 7) is 3.71. The second-order valence-electron chi connectivity index (χ2n) is 24.7. The Morgan fingerprint density at radius 2 is 0.756 bits per heavy atom. The highest BCUT2D eigenvalue weighted by Gasteiger charge is 2.44. The van der Waals surface area contributed by atoms with Crippen LogP contribution in [-0.2, 0) is 14.3 Å². The SMILES string of the molecule is CC/C=C\C/C=C\C/C=C\C/C=C\CCCCCCCCCCCCCCCCCCCCCCCCCCC(=O)NC(COC1OC(CO)C(O)C(O)C1O)C(O)/C=C/CCCCCCCCCCCCCCCCCCCCCC. The summed E-state index contributed by atoms with van der Waals surface area (Å²) in [4.78, 5) is 13.1. The molecule has 7 atom stereocenters. The minimum Gasteiger partial charge on any atom is -0.394 e. The minimum atomic E-state index is -1.57. The van der Waals surface area contributed by atoms with E-state index in [0.717, 1.165) is 64.2 Å². The molecule has 9 nitrogen and oxygen atoms in total. The topological polar surface area (TPSA) is 149 Å². The number of carbonyl (C=O) groups excluding carboxylic acids is 1. The number of carbonyl (C=O) groups is 1. The Morgan fingerprint density at radius 1 is 0.427 bits per heavy atom. The third-order valence-electron chi connectivity index (χ3n) is 16.8. The molecule has 480 valence electrons. The Kier molecular flexibility index (Phi) is 58.9. The molecule has 9 heteroatoms. The maximum atomic E-state index is 13.1. The van der Waals surface area contributed by atoms with Gasteiger partial charge in [-0.25, -0.2) is 0 Å². The molecule has 0 radical (unpaired) electrons. The number of rotatable bonds is 62. The van der Waals surface area contributed by atoms with Crippen molar-refractivity contribution in [1.82, 2.24) is 5.32 Å². The number of amides is 1. The summed E-state index contributed by atoms with van der Waals surface area (Å²) in [6.07, 6.45) is 79.1. The summed E-state index contributed by atoms with van der Waals surface area (Å²) in [6, 6.07) is -0.805. The summed E-state index contributed by atoms with van der Waals surface area (Å²) in [5.74, 6) is -0.170. The van der Waals surface area contributed by atoms with E-state index in [1.165, 1.54) is 257 Å². The van der Waals surface area contributed by atoms with Crippen LogP contribution in [0.25, 0.3) is 0 Å². The van der Waals surface area contributed by atoms with Gasteiger partial charge in [-0.15, -0.1) is 0 Å². The molecule has 1 rings (SSSR count). The number of nitrogens with one attached hydrogen (secondary N) is 1. The fraction of sp³-hybridized carbons (Fsp3) is 0.849. The third kappa shape index (κ3) is 50.1. The Balaban J connectivity index is 2.08. The van der Waals surface area contributed by atoms with Gasteiger partial charge in [-0.05, 0) is 57.8 Å². The highest BCUT2D eigenvalue weighted by atomic mass is 16.7. The molecule has 6 N–H and O–H groups in total. The number of allylic oxidation sites excluding steroid dienone is 9. The van der Waals surface area contributed by atoms with E-state index < -0.39 is 49.5 Å². The first kappa shape index (κ1) is 77.9. The van der Waals surface area contributed by atoms with Gasteiger partial charge in [0.15, 0.2) is 6.29 Å². The van der Waals surface area contributed by atoms with Gasteiger partial charge in [0, 0.05) is 6.42 Å². The van der Waals surface area contributed by atoms with Crippen LogP contribution < -0.4 is 5.32 Å². The average Bonchev–Trinajstić information content (AvgIpc) is 3.59. The molecule has 1 aliphatic rings. The van der Waals surface area contributed by atoms with Crippen LogP contribution in [-0.4, -0.2) is 87.5 Å². The molecule has 0 bridgehead atoms. The minimum absolute atomic E-state index is 0.170. The van der Waals surface area contributed by atoms with E-state index in [4.69, 9.17) is 9.47 Å². The van der Waals surface area contributed by atoms with E-state index in [1.54, 1.807) is 6.08 Å². The third-order valence-corrected chi connectivity index (χ3v) is 16.8. The van der Waals surface area contributed by atoms with Crippen LogP contribution in [0, 0.1) is 0 Å². The standard InChI is InChI=1S/C73H135NO8/c1-3-5-7-9-11-13-15-17-19-21-23-25-27-28-29-30-31-32-33-34-35-36-37-38-39-40-41-43-45-47-49-51-53-55-57-59-61-63-69(77)74-66(65-81-73-72(80)71(79)70(78)68(64-75)82-73)67(76)62-60-58-56-54-52-50-48-46-44-42-26-24-22-20-18-16-14-12-10-8-6-4-2/h5,7,11,13,17,19,23,25,60,62,66-68,70-73,75-76,78-80H,3-4,6,8-10,12,14-16,18,20-22,24,26-59,61,63-65H2,1-2H3,(H,74,77)/b7-5-,13-11-,19-17-,25-23-,62-60+. The molecule has 0 aliphatic carbocycles. The first-order valence-corrected chi connectivity index (χ1v) is 35.5. The van der Waals surface area contributed by atoms with Gasteiger partial charge in [0.05, 0.1) is 25.4 Å². The van der Waals surface area contributed by atoms with Crippen molar-refractivity contribution in [3.8, 4) is 0 Å². The molecule has 0 saturated carbocycles. The lowest BCUT2D eigenvalue weighted by Gasteiger charge is -2.40. The van der Waals surface area contributed by atoms with Gasteiger partial charge in [-0.2, -0.15) is 0 Å². The van der Waals surface area contributed by atoms with Gasteiger partial charge >= 0.3 is 0 Å². The van der Waals surface area contributed by atoms with Crippen LogP contribution in [0.2, 0.25) is 0 Å². The van der Waals surface area contributed by atoms with Crippen molar-refractivity contribution in [3.63, 3.8) is 0 Å². The van der Waals surface area contributed by atoms with Gasteiger partial charge < -0.3 is 40.3 Å². The van der Waals surface area contributed by atoms with Crippen molar-refractivity contribution in [2.75, 3.05) is 13.2 Å². The van der Waals surface area contributed by atoms with Gasteiger partial charge in [0.2, 0.25) is 5.91 Å². The number of ether oxygens (including phenoxy) is 2. The Hall–Kier alpha value is -2.11. The average molecular weight is 1150 g/mol. The maximum Gasteiger partial charge on any atom is 0.220 e. The lowest BCUT2D eigenvalue weighted by Crippen LogP contribution is -2.60. The van der Waals surface area contributed by atoms with Gasteiger partial charge in [0.25, 0.3) is 0 Å². The van der Waals surface area contributed by atoms with E-state index in [0.29, 0.717) is 6.42 Å². The number of aliphatic hydroxyl groups is 5. The number of aliphatic hydroxyl groups excluding tert-OH is 5. The molecule has 1 amide bonds. The fourth-order valence-corrected chi connectivity index (χ4v) is 11.3. The van der Waals surface area contributed by atoms with Crippen molar-refractivity contribution < 1.29 is 39.8 Å². The predicted octanol–water partition coefficient (Wildman–Crippen LogP) is 19.4. The molecule has 1 aliphatic heterocycles. The van der Waals surface area contributed by atoms with E-state index >= 15 is 0 Å². The molecular weight excluding hydrogens is 1020 g/mol. The maximum absolute atomic E-state index is 13.1. The lowest BCUT2D eigenvalue weighted by atomic mass is 9.99. The lowest BCUT2D eigenvalue weighted by molar-refractivity contribution is -0.302. The quantitative estimate of drug-likeness (QED) is 0.0261. The molecule has 1 fully saturated rings. The van der Waals surface area contributed by atoms with E-state index in [9.17, 15) is 30.3 Å². The van der Waals surface area contributed by atoms with Gasteiger partial charge in [-0.1, -0.05) is 338 Å². The normalized spacial score (nSPS) is 18.6. The zero-order chi connectivity index (χ0) is 59.3. The van der Waals surface area contributed by atoms with Gasteiger partial charge in [-0.3, -0.25) is 4.79 Å². The highest BCUT2D eigenvalue weighted by molar-refractivity contribution is 5.76. The number of hydrogen-bond acceptors (Lipinski definition) is 8. The fourth-order valence-electron chi connectivity index (χ4n) is 11.3. The summed E-state index contributed by atoms with van der Waals surface area (Å²) in [7, 11) is 0. The van der Waals surface area contributed by atoms with Crippen LogP contribution in [0.15, 0.2) is 60.8 Å². The Labute approximate surface area is 506 Å². The van der Waals surface area contributed by atoms with E-state index in [1.807, 2.05) is 6.08 Å². The first-order valence-electron chi connectivity index (χ1n) is 35.5. The second-order valence-corrected chi connectivity index (χ2v) is 24.7. The first-order chi connectivity index (χ1) is 40.3. The van der Waals surface area contributed by atoms with Crippen LogP contribution in [0.3, 0.4) is 0 Å². The molecule has 1 heterocycles. The van der Waals surface area contributed by atoms with E-state index in [-0.39, 0.29) is 12.5 Å². The van der Waals surface area contributed by atoms with Crippen molar-refractivity contribution in [2.24, 2.45) is 0 Å². The largest absolute Gasteiger partial charge is 0.394 e. The molecule has 7 unspecified atom stereocenters. The van der Waals surface area contributed by atoms with E-state index in [2.05, 4.69) is 67.8 Å². The summed E-state index contributed by atoms with van der Waals surface area (Å²) in [5.41, 5.74) is 0. The zero-order valence-electron chi connectivity index (χ0n) is 53.8. The summed E-state index contributed by atoms with van der Waals surface area (Å²) < 4.78 is 11.3.